The van der Waals surface area contributed by atoms with Gasteiger partial charge in [0.05, 0.1) is 11.6 Å². The molecule has 3 aromatic rings. The Morgan fingerprint density at radius 2 is 1.58 bits per heavy atom. The van der Waals surface area contributed by atoms with Crippen LogP contribution in [0, 0.1) is 0 Å². The van der Waals surface area contributed by atoms with Gasteiger partial charge in [0.2, 0.25) is 5.91 Å². The lowest BCUT2D eigenvalue weighted by Crippen LogP contribution is -2.46. The van der Waals surface area contributed by atoms with Gasteiger partial charge in [-0.1, -0.05) is 48.5 Å². The van der Waals surface area contributed by atoms with Crippen molar-refractivity contribution in [1.82, 2.24) is 15.1 Å². The van der Waals surface area contributed by atoms with Gasteiger partial charge in [-0.15, -0.1) is 0 Å². The van der Waals surface area contributed by atoms with E-state index in [-0.39, 0.29) is 11.9 Å². The molecule has 0 unspecified atom stereocenters. The van der Waals surface area contributed by atoms with E-state index in [0.717, 1.165) is 42.1 Å². The van der Waals surface area contributed by atoms with Crippen LogP contribution in [0.3, 0.4) is 0 Å². The Labute approximate surface area is 212 Å². The lowest BCUT2D eigenvalue weighted by atomic mass is 10.1. The quantitative estimate of drug-likeness (QED) is 0.466. The molecule has 1 aliphatic heterocycles. The minimum absolute atomic E-state index is 0.0896. The fraction of sp³-hybridized carbons (Fsp3) is 0.310. The van der Waals surface area contributed by atoms with Crippen molar-refractivity contribution in [3.05, 3.63) is 95.6 Å². The first-order chi connectivity index (χ1) is 17.5. The normalized spacial score (nSPS) is 15.2. The van der Waals surface area contributed by atoms with Gasteiger partial charge in [-0.3, -0.25) is 9.69 Å². The van der Waals surface area contributed by atoms with E-state index < -0.39 is 5.97 Å². The van der Waals surface area contributed by atoms with Crippen LogP contribution in [0.2, 0.25) is 0 Å². The SMILES string of the molecule is C[C@H](NCc1ccc(Oc2ccccc2)cc1)C(=O)N1CCCN(Cc2ccccc2C(=O)O)CC1. The molecule has 0 aromatic heterocycles. The van der Waals surface area contributed by atoms with E-state index >= 15 is 0 Å². The molecule has 4 rings (SSSR count). The summed E-state index contributed by atoms with van der Waals surface area (Å²) in [7, 11) is 0. The summed E-state index contributed by atoms with van der Waals surface area (Å²) in [6.07, 6.45) is 0.858. The summed E-state index contributed by atoms with van der Waals surface area (Å²) in [6, 6.07) is 24.3. The number of aromatic carboxylic acids is 1. The molecule has 0 saturated carbocycles. The van der Waals surface area contributed by atoms with Gasteiger partial charge in [0.25, 0.3) is 0 Å². The van der Waals surface area contributed by atoms with Crippen molar-refractivity contribution in [1.29, 1.82) is 0 Å². The summed E-state index contributed by atoms with van der Waals surface area (Å²) in [5.74, 6) is 0.751. The Hall–Kier alpha value is -3.68. The molecule has 0 spiro atoms. The Morgan fingerprint density at radius 3 is 2.33 bits per heavy atom. The second-order valence-corrected chi connectivity index (χ2v) is 9.08. The molecule has 188 valence electrons. The molecule has 3 aromatic carbocycles. The molecular weight excluding hydrogens is 454 g/mol. The standard InChI is InChI=1S/C29H33N3O4/c1-22(30-20-23-12-14-26(15-13-23)36-25-9-3-2-4-10-25)28(33)32-17-7-16-31(18-19-32)21-24-8-5-6-11-27(24)29(34)35/h2-6,8-15,22,30H,7,16-21H2,1H3,(H,34,35)/t22-/m0/s1. The Bertz CT molecular complexity index is 1150. The molecule has 1 heterocycles. The number of nitrogens with one attached hydrogen (secondary N) is 1. The van der Waals surface area contributed by atoms with Crippen molar-refractivity contribution < 1.29 is 19.4 Å². The van der Waals surface area contributed by atoms with Crippen molar-refractivity contribution in [3.8, 4) is 11.5 Å². The smallest absolute Gasteiger partial charge is 0.336 e. The summed E-state index contributed by atoms with van der Waals surface area (Å²) >= 11 is 0. The highest BCUT2D eigenvalue weighted by Crippen LogP contribution is 2.21. The number of carboxylic acid groups (broad SMARTS) is 1. The average Bonchev–Trinajstić information content (AvgIpc) is 3.14. The first kappa shape index (κ1) is 25.4. The Balaban J connectivity index is 1.25. The van der Waals surface area contributed by atoms with Crippen LogP contribution in [0.15, 0.2) is 78.9 Å². The van der Waals surface area contributed by atoms with Crippen LogP contribution in [0.25, 0.3) is 0 Å². The number of carboxylic acids is 1. The van der Waals surface area contributed by atoms with Crippen molar-refractivity contribution in [3.63, 3.8) is 0 Å². The Morgan fingerprint density at radius 1 is 0.889 bits per heavy atom. The van der Waals surface area contributed by atoms with Gasteiger partial charge in [-0.05, 0) is 54.8 Å². The molecule has 0 radical (unpaired) electrons. The number of carbonyl (C=O) groups is 2. The van der Waals surface area contributed by atoms with Crippen LogP contribution in [-0.4, -0.2) is 59.0 Å². The molecule has 1 atom stereocenters. The average molecular weight is 488 g/mol. The number of hydrogen-bond donors (Lipinski definition) is 2. The summed E-state index contributed by atoms with van der Waals surface area (Å²) in [6.45, 7) is 5.94. The van der Waals surface area contributed by atoms with E-state index in [1.165, 1.54) is 0 Å². The fourth-order valence-electron chi connectivity index (χ4n) is 4.39. The molecule has 1 saturated heterocycles. The molecule has 36 heavy (non-hydrogen) atoms. The zero-order valence-corrected chi connectivity index (χ0v) is 20.6. The number of benzene rings is 3. The summed E-state index contributed by atoms with van der Waals surface area (Å²) in [4.78, 5) is 28.7. The third-order valence-electron chi connectivity index (χ3n) is 6.43. The van der Waals surface area contributed by atoms with E-state index in [2.05, 4.69) is 10.2 Å². The number of para-hydroxylation sites is 1. The number of nitrogens with zero attached hydrogens (tertiary/aromatic N) is 2. The minimum atomic E-state index is -0.907. The third kappa shape index (κ3) is 6.93. The van der Waals surface area contributed by atoms with Crippen molar-refractivity contribution in [2.75, 3.05) is 26.2 Å². The second kappa shape index (κ2) is 12.3. The lowest BCUT2D eigenvalue weighted by Gasteiger charge is -2.25. The molecule has 2 N–H and O–H groups in total. The summed E-state index contributed by atoms with van der Waals surface area (Å²) in [5, 5.41) is 12.8. The molecule has 1 amide bonds. The molecule has 7 heteroatoms. The maximum Gasteiger partial charge on any atom is 0.336 e. The maximum atomic E-state index is 13.1. The molecule has 1 fully saturated rings. The topological polar surface area (TPSA) is 82.1 Å². The van der Waals surface area contributed by atoms with Gasteiger partial charge < -0.3 is 20.1 Å². The first-order valence-corrected chi connectivity index (χ1v) is 12.4. The zero-order chi connectivity index (χ0) is 25.3. The Kier molecular flexibility index (Phi) is 8.71. The highest BCUT2D eigenvalue weighted by molar-refractivity contribution is 5.89. The third-order valence-corrected chi connectivity index (χ3v) is 6.43. The van der Waals surface area contributed by atoms with Gasteiger partial charge >= 0.3 is 5.97 Å². The number of carbonyl (C=O) groups excluding carboxylic acids is 1. The molecule has 0 aliphatic carbocycles. The first-order valence-electron chi connectivity index (χ1n) is 12.4. The van der Waals surface area contributed by atoms with E-state index in [1.807, 2.05) is 78.6 Å². The largest absolute Gasteiger partial charge is 0.478 e. The maximum absolute atomic E-state index is 13.1. The minimum Gasteiger partial charge on any atom is -0.478 e. The highest BCUT2D eigenvalue weighted by Gasteiger charge is 2.24. The predicted octanol–water partition coefficient (Wildman–Crippen LogP) is 4.39. The van der Waals surface area contributed by atoms with Gasteiger partial charge in [0.15, 0.2) is 0 Å². The van der Waals surface area contributed by atoms with E-state index in [9.17, 15) is 14.7 Å². The van der Waals surface area contributed by atoms with Gasteiger partial charge in [-0.2, -0.15) is 0 Å². The number of amides is 1. The van der Waals surface area contributed by atoms with Crippen LogP contribution >= 0.6 is 0 Å². The van der Waals surface area contributed by atoms with Crippen molar-refractivity contribution in [2.24, 2.45) is 0 Å². The molecule has 7 nitrogen and oxygen atoms in total. The monoisotopic (exact) mass is 487 g/mol. The zero-order valence-electron chi connectivity index (χ0n) is 20.6. The van der Waals surface area contributed by atoms with Crippen LogP contribution in [0.4, 0.5) is 0 Å². The van der Waals surface area contributed by atoms with E-state index in [1.54, 1.807) is 12.1 Å². The van der Waals surface area contributed by atoms with Crippen LogP contribution in [0.5, 0.6) is 11.5 Å². The number of ether oxygens (including phenoxy) is 1. The lowest BCUT2D eigenvalue weighted by molar-refractivity contribution is -0.132. The van der Waals surface area contributed by atoms with Crippen LogP contribution < -0.4 is 10.1 Å². The summed E-state index contributed by atoms with van der Waals surface area (Å²) in [5.41, 5.74) is 2.22. The van der Waals surface area contributed by atoms with Crippen molar-refractivity contribution >= 4 is 11.9 Å². The molecule has 1 aliphatic rings. The number of rotatable bonds is 9. The highest BCUT2D eigenvalue weighted by atomic mass is 16.5. The van der Waals surface area contributed by atoms with E-state index in [0.29, 0.717) is 31.7 Å². The number of hydrogen-bond acceptors (Lipinski definition) is 5. The summed E-state index contributed by atoms with van der Waals surface area (Å²) < 4.78 is 5.84. The van der Waals surface area contributed by atoms with Gasteiger partial charge in [0.1, 0.15) is 11.5 Å². The van der Waals surface area contributed by atoms with Crippen LogP contribution in [0.1, 0.15) is 34.8 Å². The second-order valence-electron chi connectivity index (χ2n) is 9.08. The predicted molar refractivity (Wildman–Crippen MR) is 139 cm³/mol. The van der Waals surface area contributed by atoms with Crippen LogP contribution in [-0.2, 0) is 17.9 Å². The van der Waals surface area contributed by atoms with Gasteiger partial charge in [0, 0.05) is 39.3 Å². The van der Waals surface area contributed by atoms with Gasteiger partial charge in [-0.25, -0.2) is 4.79 Å². The molecule has 0 bridgehead atoms. The molecular formula is C29H33N3O4. The van der Waals surface area contributed by atoms with E-state index in [4.69, 9.17) is 4.74 Å². The van der Waals surface area contributed by atoms with Crippen molar-refractivity contribution in [2.45, 2.75) is 32.5 Å². The fourth-order valence-corrected chi connectivity index (χ4v) is 4.39.